The molecule has 0 aliphatic carbocycles. The number of fused-ring (bicyclic) bond motifs is 2. The van der Waals surface area contributed by atoms with Crippen LogP contribution in [0.1, 0.15) is 13.3 Å². The van der Waals surface area contributed by atoms with Gasteiger partial charge < -0.3 is 10.4 Å². The van der Waals surface area contributed by atoms with E-state index in [1.54, 1.807) is 0 Å². The molecule has 0 amide bonds. The van der Waals surface area contributed by atoms with Crippen molar-refractivity contribution in [2.45, 2.75) is 13.3 Å². The number of hydrogen-bond donors (Lipinski definition) is 2. The average molecular weight is 429 g/mol. The minimum atomic E-state index is -0.215. The first-order valence-electron chi connectivity index (χ1n) is 10.3. The number of para-hydroxylation sites is 3. The zero-order valence-electron chi connectivity index (χ0n) is 17.0. The van der Waals surface area contributed by atoms with Crippen LogP contribution in [0.4, 0.5) is 0 Å². The van der Waals surface area contributed by atoms with E-state index in [0.717, 1.165) is 51.7 Å². The minimum Gasteiger partial charge on any atom is -0.325 e. The van der Waals surface area contributed by atoms with E-state index in [1.165, 1.54) is 0 Å². The molecule has 0 aliphatic rings. The van der Waals surface area contributed by atoms with Crippen LogP contribution in [-0.4, -0.2) is 21.2 Å². The van der Waals surface area contributed by atoms with Gasteiger partial charge in [0.05, 0.1) is 22.2 Å². The summed E-state index contributed by atoms with van der Waals surface area (Å²) < 4.78 is 2.06. The van der Waals surface area contributed by atoms with Gasteiger partial charge >= 0.3 is 0 Å². The second kappa shape index (κ2) is 7.93. The van der Waals surface area contributed by atoms with Crippen molar-refractivity contribution in [1.29, 1.82) is 0 Å². The summed E-state index contributed by atoms with van der Waals surface area (Å²) in [5.41, 5.74) is 8.79. The van der Waals surface area contributed by atoms with Gasteiger partial charge in [-0.15, -0.1) is 0 Å². The summed E-state index contributed by atoms with van der Waals surface area (Å²) in [5, 5.41) is 1.63. The fourth-order valence-electron chi connectivity index (χ4n) is 3.95. The summed E-state index contributed by atoms with van der Waals surface area (Å²) in [4.78, 5) is 20.9. The van der Waals surface area contributed by atoms with Gasteiger partial charge in [-0.25, -0.2) is 4.98 Å². The van der Waals surface area contributed by atoms with E-state index < -0.39 is 0 Å². The van der Waals surface area contributed by atoms with Crippen LogP contribution in [0.25, 0.3) is 44.5 Å². The maximum Gasteiger partial charge on any atom is 0.275 e. The molecule has 3 aromatic carbocycles. The van der Waals surface area contributed by atoms with Crippen LogP contribution in [0, 0.1) is 0 Å². The Balaban J connectivity index is 1.90. The van der Waals surface area contributed by atoms with Crippen molar-refractivity contribution in [3.05, 3.63) is 88.2 Å². The molecule has 2 aromatic heterocycles. The van der Waals surface area contributed by atoms with Crippen molar-refractivity contribution in [3.8, 4) is 22.5 Å². The minimum absolute atomic E-state index is 0.215. The van der Waals surface area contributed by atoms with E-state index in [4.69, 9.17) is 16.6 Å². The van der Waals surface area contributed by atoms with Crippen molar-refractivity contribution in [3.63, 3.8) is 0 Å². The summed E-state index contributed by atoms with van der Waals surface area (Å²) in [6, 6.07) is 23.3. The summed E-state index contributed by atoms with van der Waals surface area (Å²) in [5.74, 6) is 0. The van der Waals surface area contributed by atoms with Crippen LogP contribution in [0.2, 0.25) is 5.02 Å². The summed E-state index contributed by atoms with van der Waals surface area (Å²) in [7, 11) is 0. The predicted octanol–water partition coefficient (Wildman–Crippen LogP) is 5.82. The normalized spacial score (nSPS) is 11.3. The number of benzene rings is 3. The highest BCUT2D eigenvalue weighted by molar-refractivity contribution is 6.30. The highest BCUT2D eigenvalue weighted by atomic mass is 35.5. The maximum absolute atomic E-state index is 13.2. The van der Waals surface area contributed by atoms with Crippen LogP contribution < -0.4 is 11.0 Å². The van der Waals surface area contributed by atoms with Gasteiger partial charge in [0.1, 0.15) is 5.69 Å². The Hall–Kier alpha value is -3.57. The van der Waals surface area contributed by atoms with Crippen molar-refractivity contribution < 1.29 is 0 Å². The molecule has 5 rings (SSSR count). The Morgan fingerprint density at radius 3 is 2.55 bits per heavy atom. The molecule has 0 fully saturated rings. The highest BCUT2D eigenvalue weighted by Gasteiger charge is 2.23. The third kappa shape index (κ3) is 3.37. The van der Waals surface area contributed by atoms with Gasteiger partial charge in [-0.2, -0.15) is 0 Å². The fourth-order valence-corrected chi connectivity index (χ4v) is 4.07. The molecular formula is C25H21ClN4O. The van der Waals surface area contributed by atoms with Crippen LogP contribution >= 0.6 is 11.6 Å². The van der Waals surface area contributed by atoms with Crippen LogP contribution in [-0.2, 0) is 0 Å². The Kier molecular flexibility index (Phi) is 4.96. The van der Waals surface area contributed by atoms with Crippen LogP contribution in [0.3, 0.4) is 0 Å². The van der Waals surface area contributed by atoms with Gasteiger partial charge in [0, 0.05) is 28.1 Å². The lowest BCUT2D eigenvalue weighted by Crippen LogP contribution is -2.17. The van der Waals surface area contributed by atoms with Crippen molar-refractivity contribution in [1.82, 2.24) is 14.6 Å². The number of hydrogen-bond acceptors (Lipinski definition) is 3. The first-order chi connectivity index (χ1) is 15.2. The topological polar surface area (TPSA) is 62.7 Å². The second-order valence-corrected chi connectivity index (χ2v) is 7.86. The molecule has 0 aliphatic heterocycles. The number of nitrogens with one attached hydrogen (secondary N) is 2. The summed E-state index contributed by atoms with van der Waals surface area (Å²) >= 11 is 6.16. The Labute approximate surface area is 184 Å². The van der Waals surface area contributed by atoms with Crippen molar-refractivity contribution in [2.75, 3.05) is 12.0 Å². The zero-order valence-corrected chi connectivity index (χ0v) is 17.8. The number of rotatable bonds is 5. The number of aromatic nitrogens is 3. The summed E-state index contributed by atoms with van der Waals surface area (Å²) in [6.07, 6.45) is 0.969. The van der Waals surface area contributed by atoms with Gasteiger partial charge in [0.25, 0.3) is 5.56 Å². The lowest BCUT2D eigenvalue weighted by molar-refractivity contribution is 0.837. The van der Waals surface area contributed by atoms with Gasteiger partial charge in [0.15, 0.2) is 0 Å². The Morgan fingerprint density at radius 2 is 1.74 bits per heavy atom. The van der Waals surface area contributed by atoms with E-state index in [0.29, 0.717) is 10.7 Å². The number of nitrogens with zero attached hydrogens (tertiary/aromatic N) is 2. The molecule has 2 heterocycles. The first kappa shape index (κ1) is 19.4. The number of H-pyrrole nitrogens is 1. The standard InChI is InChI=1S/C25H21ClN4O/c1-2-15-27-30-21-10-6-3-7-18(21)22(24(30)16-11-13-17(26)14-12-16)23-25(31)29-20-9-5-4-8-19(20)28-23/h3-14,27H,2,15H2,1H3,(H,29,31). The molecule has 2 N–H and O–H groups in total. The van der Waals surface area contributed by atoms with E-state index in [1.807, 2.05) is 66.7 Å². The molecule has 0 radical (unpaired) electrons. The zero-order chi connectivity index (χ0) is 21.4. The Morgan fingerprint density at radius 1 is 1.00 bits per heavy atom. The van der Waals surface area contributed by atoms with Gasteiger partial charge in [0.2, 0.25) is 0 Å². The molecule has 0 unspecified atom stereocenters. The van der Waals surface area contributed by atoms with Crippen molar-refractivity contribution in [2.24, 2.45) is 0 Å². The molecule has 0 saturated carbocycles. The molecule has 0 atom stereocenters. The van der Waals surface area contributed by atoms with Crippen LogP contribution in [0.15, 0.2) is 77.6 Å². The molecule has 6 heteroatoms. The average Bonchev–Trinajstić information content (AvgIpc) is 3.11. The van der Waals surface area contributed by atoms with Gasteiger partial charge in [-0.05, 0) is 36.8 Å². The van der Waals surface area contributed by atoms with Gasteiger partial charge in [-0.1, -0.05) is 61.0 Å². The highest BCUT2D eigenvalue weighted by Crippen LogP contribution is 2.39. The lowest BCUT2D eigenvalue weighted by atomic mass is 10.0. The maximum atomic E-state index is 13.2. The summed E-state index contributed by atoms with van der Waals surface area (Å²) in [6.45, 7) is 2.91. The first-order valence-corrected chi connectivity index (χ1v) is 10.7. The molecule has 5 aromatic rings. The number of halogens is 1. The third-order valence-corrected chi connectivity index (χ3v) is 5.60. The quantitative estimate of drug-likeness (QED) is 0.371. The predicted molar refractivity (Wildman–Crippen MR) is 128 cm³/mol. The SMILES string of the molecule is CCCNn1c(-c2ccc(Cl)cc2)c(-c2nc3ccccc3[nH]c2=O)c2ccccc21. The molecule has 0 bridgehead atoms. The molecule has 0 saturated heterocycles. The van der Waals surface area contributed by atoms with Gasteiger partial charge in [-0.3, -0.25) is 9.47 Å². The van der Waals surface area contributed by atoms with Crippen molar-refractivity contribution >= 4 is 33.5 Å². The Bertz CT molecular complexity index is 1450. The number of aromatic amines is 1. The smallest absolute Gasteiger partial charge is 0.275 e. The lowest BCUT2D eigenvalue weighted by Gasteiger charge is -2.14. The fraction of sp³-hybridized carbons (Fsp3) is 0.120. The largest absolute Gasteiger partial charge is 0.325 e. The molecule has 5 nitrogen and oxygen atoms in total. The monoisotopic (exact) mass is 428 g/mol. The third-order valence-electron chi connectivity index (χ3n) is 5.35. The van der Waals surface area contributed by atoms with Crippen LogP contribution in [0.5, 0.6) is 0 Å². The molecule has 154 valence electrons. The van der Waals surface area contributed by atoms with E-state index in [-0.39, 0.29) is 5.56 Å². The van der Waals surface area contributed by atoms with E-state index in [2.05, 4.69) is 28.1 Å². The molecular weight excluding hydrogens is 408 g/mol. The second-order valence-electron chi connectivity index (χ2n) is 7.42. The molecule has 31 heavy (non-hydrogen) atoms. The molecule has 0 spiro atoms. The van der Waals surface area contributed by atoms with E-state index >= 15 is 0 Å². The van der Waals surface area contributed by atoms with E-state index in [9.17, 15) is 4.79 Å².